The average Bonchev–Trinajstić information content (AvgIpc) is 3.36. The first kappa shape index (κ1) is 17.6. The third-order valence-corrected chi connectivity index (χ3v) is 5.13. The van der Waals surface area contributed by atoms with Crippen molar-refractivity contribution < 1.29 is 9.15 Å². The van der Waals surface area contributed by atoms with E-state index in [-0.39, 0.29) is 6.61 Å². The topological polar surface area (TPSA) is 85.1 Å². The molecule has 2 aromatic carbocycles. The van der Waals surface area contributed by atoms with Gasteiger partial charge in [-0.25, -0.2) is 4.98 Å². The number of nitrogens with one attached hydrogen (secondary N) is 2. The Morgan fingerprint density at radius 2 is 2.03 bits per heavy atom. The molecule has 1 aliphatic carbocycles. The van der Waals surface area contributed by atoms with Gasteiger partial charge in [-0.05, 0) is 54.3 Å². The fourth-order valence-electron chi connectivity index (χ4n) is 3.78. The van der Waals surface area contributed by atoms with Gasteiger partial charge in [0.1, 0.15) is 12.4 Å². The first-order valence-electron chi connectivity index (χ1n) is 9.62. The van der Waals surface area contributed by atoms with Crippen molar-refractivity contribution in [2.24, 2.45) is 0 Å². The van der Waals surface area contributed by atoms with Gasteiger partial charge in [0.25, 0.3) is 0 Å². The Morgan fingerprint density at radius 1 is 1.10 bits per heavy atom. The number of hydrogen-bond acceptors (Lipinski definition) is 7. The van der Waals surface area contributed by atoms with Crippen LogP contribution in [0.3, 0.4) is 0 Å². The van der Waals surface area contributed by atoms with Gasteiger partial charge in [0.05, 0.1) is 11.6 Å². The molecule has 1 aliphatic rings. The first-order valence-corrected chi connectivity index (χ1v) is 9.62. The highest BCUT2D eigenvalue weighted by atomic mass is 16.5. The van der Waals surface area contributed by atoms with Crippen molar-refractivity contribution in [2.45, 2.75) is 25.5 Å². The minimum absolute atomic E-state index is 0.289. The molecule has 0 fully saturated rings. The molecule has 29 heavy (non-hydrogen) atoms. The largest absolute Gasteiger partial charge is 0.405 e. The van der Waals surface area contributed by atoms with E-state index in [2.05, 4.69) is 51.2 Å². The van der Waals surface area contributed by atoms with Crippen molar-refractivity contribution in [3.63, 3.8) is 0 Å². The van der Waals surface area contributed by atoms with Crippen LogP contribution in [-0.4, -0.2) is 22.3 Å². The highest BCUT2D eigenvalue weighted by Crippen LogP contribution is 2.33. The number of pyridine rings is 1. The molecule has 0 unspecified atom stereocenters. The molecule has 4 aromatic rings. The zero-order chi connectivity index (χ0) is 19.6. The number of aromatic nitrogens is 3. The molecule has 0 amide bonds. The summed E-state index contributed by atoms with van der Waals surface area (Å²) >= 11 is 0. The Morgan fingerprint density at radius 3 is 2.97 bits per heavy atom. The predicted molar refractivity (Wildman–Crippen MR) is 111 cm³/mol. The molecule has 0 saturated heterocycles. The molecule has 2 N–H and O–H groups in total. The summed E-state index contributed by atoms with van der Waals surface area (Å²) in [6.07, 6.45) is 2.20. The van der Waals surface area contributed by atoms with Crippen molar-refractivity contribution in [3.05, 3.63) is 71.6 Å². The van der Waals surface area contributed by atoms with Crippen LogP contribution in [-0.2, 0) is 17.8 Å². The summed E-state index contributed by atoms with van der Waals surface area (Å²) in [4.78, 5) is 4.78. The zero-order valence-electron chi connectivity index (χ0n) is 16.1. The van der Waals surface area contributed by atoms with Gasteiger partial charge >= 0.3 is 6.01 Å². The molecule has 1 atom stereocenters. The molecule has 7 nitrogen and oxygen atoms in total. The smallest absolute Gasteiger partial charge is 0.320 e. The number of anilines is 3. The minimum atomic E-state index is 0.289. The van der Waals surface area contributed by atoms with E-state index in [1.165, 1.54) is 11.1 Å². The minimum Gasteiger partial charge on any atom is -0.405 e. The molecule has 146 valence electrons. The maximum absolute atomic E-state index is 5.48. The van der Waals surface area contributed by atoms with Gasteiger partial charge in [0, 0.05) is 18.2 Å². The maximum Gasteiger partial charge on any atom is 0.320 e. The van der Waals surface area contributed by atoms with Crippen molar-refractivity contribution in [2.75, 3.05) is 17.7 Å². The van der Waals surface area contributed by atoms with E-state index in [4.69, 9.17) is 14.1 Å². The summed E-state index contributed by atoms with van der Waals surface area (Å²) in [5.41, 5.74) is 4.59. The Labute approximate surface area is 168 Å². The van der Waals surface area contributed by atoms with E-state index in [9.17, 15) is 0 Å². The van der Waals surface area contributed by atoms with Gasteiger partial charge in [0.2, 0.25) is 5.89 Å². The number of ether oxygens (including phenoxy) is 1. The normalized spacial score (nSPS) is 15.4. The lowest BCUT2D eigenvalue weighted by molar-refractivity contribution is 0.160. The zero-order valence-corrected chi connectivity index (χ0v) is 16.1. The van der Waals surface area contributed by atoms with Gasteiger partial charge < -0.3 is 19.8 Å². The summed E-state index contributed by atoms with van der Waals surface area (Å²) in [5.74, 6) is 1.32. The lowest BCUT2D eigenvalue weighted by atomic mass is 10.1. The number of methoxy groups -OCH3 is 1. The molecular weight excluding hydrogens is 366 g/mol. The fourth-order valence-corrected chi connectivity index (χ4v) is 3.78. The van der Waals surface area contributed by atoms with Crippen molar-refractivity contribution in [3.8, 4) is 0 Å². The molecule has 0 saturated carbocycles. The summed E-state index contributed by atoms with van der Waals surface area (Å²) in [6.45, 7) is 0.289. The van der Waals surface area contributed by atoms with E-state index < -0.39 is 0 Å². The summed E-state index contributed by atoms with van der Waals surface area (Å²) in [5, 5.41) is 15.6. The van der Waals surface area contributed by atoms with Crippen LogP contribution in [0.15, 0.2) is 59.0 Å². The second kappa shape index (κ2) is 7.52. The van der Waals surface area contributed by atoms with E-state index in [1.807, 2.05) is 24.3 Å². The van der Waals surface area contributed by atoms with Crippen LogP contribution in [0, 0.1) is 0 Å². The van der Waals surface area contributed by atoms with Crippen molar-refractivity contribution >= 4 is 28.4 Å². The predicted octanol–water partition coefficient (Wildman–Crippen LogP) is 4.61. The van der Waals surface area contributed by atoms with Crippen LogP contribution in [0.4, 0.5) is 17.5 Å². The number of rotatable bonds is 6. The van der Waals surface area contributed by atoms with Crippen LogP contribution >= 0.6 is 0 Å². The van der Waals surface area contributed by atoms with Crippen LogP contribution in [0.2, 0.25) is 0 Å². The van der Waals surface area contributed by atoms with Crippen LogP contribution < -0.4 is 10.6 Å². The number of hydrogen-bond donors (Lipinski definition) is 2. The van der Waals surface area contributed by atoms with E-state index in [1.54, 1.807) is 7.11 Å². The molecule has 0 spiro atoms. The lowest BCUT2D eigenvalue weighted by Crippen LogP contribution is -2.08. The van der Waals surface area contributed by atoms with Crippen molar-refractivity contribution in [1.29, 1.82) is 0 Å². The Hall–Kier alpha value is -3.45. The highest BCUT2D eigenvalue weighted by molar-refractivity contribution is 5.84. The SMILES string of the molecule is COCc1nnc(Nc2ccc3nc(N[C@@H]4CCc5ccccc54)ccc3c2)o1. The average molecular weight is 387 g/mol. The van der Waals surface area contributed by atoms with Gasteiger partial charge in [-0.3, -0.25) is 0 Å². The summed E-state index contributed by atoms with van der Waals surface area (Å²) in [6, 6.07) is 19.3. The fraction of sp³-hybridized carbons (Fsp3) is 0.227. The molecular formula is C22H21N5O2. The van der Waals surface area contributed by atoms with Crippen LogP contribution in [0.5, 0.6) is 0 Å². The molecule has 0 radical (unpaired) electrons. The van der Waals surface area contributed by atoms with Gasteiger partial charge in [-0.1, -0.05) is 29.4 Å². The third-order valence-electron chi connectivity index (χ3n) is 5.13. The maximum atomic E-state index is 5.48. The van der Waals surface area contributed by atoms with E-state index >= 15 is 0 Å². The van der Waals surface area contributed by atoms with Gasteiger partial charge in [0.15, 0.2) is 0 Å². The molecule has 5 rings (SSSR count). The Bertz CT molecular complexity index is 1160. The van der Waals surface area contributed by atoms with E-state index in [0.717, 1.165) is 35.2 Å². The quantitative estimate of drug-likeness (QED) is 0.500. The van der Waals surface area contributed by atoms with Gasteiger partial charge in [-0.2, -0.15) is 0 Å². The second-order valence-electron chi connectivity index (χ2n) is 7.10. The van der Waals surface area contributed by atoms with Crippen LogP contribution in [0.1, 0.15) is 29.5 Å². The standard InChI is InChI=1S/C22H21N5O2/c1-28-13-21-26-27-22(29-21)23-16-8-10-18-15(12-16)7-11-20(24-18)25-19-9-6-14-4-2-3-5-17(14)19/h2-5,7-8,10-12,19H,6,9,13H2,1H3,(H,23,27)(H,24,25)/t19-/m1/s1. The Kier molecular flexibility index (Phi) is 4.57. The highest BCUT2D eigenvalue weighted by Gasteiger charge is 2.21. The molecule has 0 bridgehead atoms. The number of aryl methyl sites for hydroxylation is 1. The summed E-state index contributed by atoms with van der Waals surface area (Å²) in [7, 11) is 1.59. The molecule has 7 heteroatoms. The van der Waals surface area contributed by atoms with E-state index in [0.29, 0.717) is 17.9 Å². The Balaban J connectivity index is 1.33. The number of fused-ring (bicyclic) bond motifs is 2. The van der Waals surface area contributed by atoms with Gasteiger partial charge in [-0.15, -0.1) is 5.10 Å². The first-order chi connectivity index (χ1) is 14.3. The molecule has 2 heterocycles. The third kappa shape index (κ3) is 3.64. The monoisotopic (exact) mass is 387 g/mol. The molecule has 0 aliphatic heterocycles. The number of benzene rings is 2. The van der Waals surface area contributed by atoms with Crippen molar-refractivity contribution in [1.82, 2.24) is 15.2 Å². The number of nitrogens with zero attached hydrogens (tertiary/aromatic N) is 3. The lowest BCUT2D eigenvalue weighted by Gasteiger charge is -2.15. The second-order valence-corrected chi connectivity index (χ2v) is 7.10. The van der Waals surface area contributed by atoms with Crippen LogP contribution in [0.25, 0.3) is 10.9 Å². The summed E-state index contributed by atoms with van der Waals surface area (Å²) < 4.78 is 10.5. The molecule has 2 aromatic heterocycles.